The van der Waals surface area contributed by atoms with Crippen molar-refractivity contribution in [1.29, 1.82) is 0 Å². The first-order chi connectivity index (χ1) is 9.33. The van der Waals surface area contributed by atoms with Crippen LogP contribution in [0.5, 0.6) is 0 Å². The maximum atomic E-state index is 9.77. The summed E-state index contributed by atoms with van der Waals surface area (Å²) < 4.78 is 1.87. The van der Waals surface area contributed by atoms with E-state index >= 15 is 0 Å². The molecule has 0 bridgehead atoms. The zero-order valence-electron chi connectivity index (χ0n) is 10.9. The minimum absolute atomic E-state index is 0.191. The largest absolute Gasteiger partial charge is 0.392 e. The Bertz CT molecular complexity index is 519. The fourth-order valence-corrected chi connectivity index (χ4v) is 2.19. The Kier molecular flexibility index (Phi) is 3.62. The van der Waals surface area contributed by atoms with Gasteiger partial charge < -0.3 is 10.4 Å². The molecule has 1 aliphatic carbocycles. The van der Waals surface area contributed by atoms with E-state index in [0.717, 1.165) is 17.8 Å². The molecule has 0 radical (unpaired) electrons. The van der Waals surface area contributed by atoms with Gasteiger partial charge in [0.15, 0.2) is 0 Å². The van der Waals surface area contributed by atoms with Gasteiger partial charge in [0.05, 0.1) is 18.0 Å². The van der Waals surface area contributed by atoms with Crippen LogP contribution >= 0.6 is 0 Å². The Hall–Kier alpha value is -1.65. The second kappa shape index (κ2) is 5.55. The molecular weight excluding hydrogens is 238 g/mol. The van der Waals surface area contributed by atoms with E-state index in [9.17, 15) is 5.11 Å². The Morgan fingerprint density at radius 3 is 2.84 bits per heavy atom. The van der Waals surface area contributed by atoms with E-state index in [1.54, 1.807) is 0 Å². The Morgan fingerprint density at radius 1 is 1.32 bits per heavy atom. The third-order valence-corrected chi connectivity index (χ3v) is 3.51. The maximum absolute atomic E-state index is 9.77. The van der Waals surface area contributed by atoms with Crippen molar-refractivity contribution in [2.24, 2.45) is 5.92 Å². The molecule has 2 aromatic rings. The molecule has 1 fully saturated rings. The van der Waals surface area contributed by atoms with Gasteiger partial charge in [0.1, 0.15) is 0 Å². The minimum Gasteiger partial charge on any atom is -0.392 e. The number of aromatic nitrogens is 2. The van der Waals surface area contributed by atoms with E-state index < -0.39 is 0 Å². The molecule has 0 spiro atoms. The van der Waals surface area contributed by atoms with Crippen molar-refractivity contribution in [2.75, 3.05) is 6.54 Å². The highest BCUT2D eigenvalue weighted by molar-refractivity contribution is 5.30. The third kappa shape index (κ3) is 3.22. The van der Waals surface area contributed by atoms with Crippen molar-refractivity contribution in [2.45, 2.75) is 25.5 Å². The lowest BCUT2D eigenvalue weighted by Gasteiger charge is -2.09. The molecule has 1 unspecified atom stereocenters. The van der Waals surface area contributed by atoms with Crippen LogP contribution in [0, 0.1) is 5.92 Å². The molecule has 0 saturated heterocycles. The van der Waals surface area contributed by atoms with Crippen molar-refractivity contribution >= 4 is 0 Å². The van der Waals surface area contributed by atoms with Gasteiger partial charge in [-0.25, -0.2) is 4.68 Å². The Balaban J connectivity index is 1.53. The maximum Gasteiger partial charge on any atom is 0.0692 e. The summed E-state index contributed by atoms with van der Waals surface area (Å²) in [6.45, 7) is 1.41. The van der Waals surface area contributed by atoms with Crippen molar-refractivity contribution in [3.63, 3.8) is 0 Å². The summed E-state index contributed by atoms with van der Waals surface area (Å²) in [5.74, 6) is 0.527. The van der Waals surface area contributed by atoms with E-state index in [-0.39, 0.29) is 6.10 Å². The molecule has 100 valence electrons. The van der Waals surface area contributed by atoms with Crippen molar-refractivity contribution in [3.8, 4) is 5.69 Å². The molecule has 3 rings (SSSR count). The molecule has 19 heavy (non-hydrogen) atoms. The fourth-order valence-electron chi connectivity index (χ4n) is 2.19. The summed E-state index contributed by atoms with van der Waals surface area (Å²) in [5.41, 5.74) is 2.19. The monoisotopic (exact) mass is 257 g/mol. The highest BCUT2D eigenvalue weighted by Gasteiger charge is 2.29. The summed E-state index contributed by atoms with van der Waals surface area (Å²) in [5, 5.41) is 17.4. The van der Waals surface area contributed by atoms with E-state index in [4.69, 9.17) is 0 Å². The van der Waals surface area contributed by atoms with Crippen LogP contribution in [-0.2, 0) is 6.54 Å². The molecule has 4 nitrogen and oxygen atoms in total. The summed E-state index contributed by atoms with van der Waals surface area (Å²) in [6.07, 6.45) is 6.04. The van der Waals surface area contributed by atoms with Crippen LogP contribution in [0.3, 0.4) is 0 Å². The van der Waals surface area contributed by atoms with Crippen LogP contribution in [0.4, 0.5) is 0 Å². The number of rotatable bonds is 6. The Labute approximate surface area is 113 Å². The van der Waals surface area contributed by atoms with Gasteiger partial charge in [0, 0.05) is 24.8 Å². The first kappa shape index (κ1) is 12.4. The molecule has 1 aromatic heterocycles. The molecule has 4 heteroatoms. The van der Waals surface area contributed by atoms with Gasteiger partial charge in [-0.3, -0.25) is 0 Å². The number of hydrogen-bond donors (Lipinski definition) is 2. The number of para-hydroxylation sites is 1. The second-order valence-electron chi connectivity index (χ2n) is 5.16. The van der Waals surface area contributed by atoms with E-state index in [1.165, 1.54) is 12.8 Å². The summed E-state index contributed by atoms with van der Waals surface area (Å²) in [4.78, 5) is 0. The molecule has 2 N–H and O–H groups in total. The molecule has 0 amide bonds. The standard InChI is InChI=1S/C15H19N3O/c19-15(13-6-7-13)10-16-8-12-9-17-18(11-12)14-4-2-1-3-5-14/h1-5,9,11,13,15-16,19H,6-8,10H2. The summed E-state index contributed by atoms with van der Waals surface area (Å²) in [7, 11) is 0. The van der Waals surface area contributed by atoms with Crippen LogP contribution in [0.2, 0.25) is 0 Å². The first-order valence-electron chi connectivity index (χ1n) is 6.80. The Morgan fingerprint density at radius 2 is 2.11 bits per heavy atom. The molecule has 0 aliphatic heterocycles. The second-order valence-corrected chi connectivity index (χ2v) is 5.16. The zero-order valence-corrected chi connectivity index (χ0v) is 10.9. The van der Waals surface area contributed by atoms with Gasteiger partial charge in [-0.15, -0.1) is 0 Å². The van der Waals surface area contributed by atoms with Crippen LogP contribution in [0.25, 0.3) is 5.69 Å². The predicted octanol–water partition coefficient (Wildman–Crippen LogP) is 1.73. The van der Waals surface area contributed by atoms with Crippen LogP contribution in [0.1, 0.15) is 18.4 Å². The smallest absolute Gasteiger partial charge is 0.0692 e. The van der Waals surface area contributed by atoms with Crippen molar-refractivity contribution < 1.29 is 5.11 Å². The highest BCUT2D eigenvalue weighted by atomic mass is 16.3. The summed E-state index contributed by atoms with van der Waals surface area (Å²) >= 11 is 0. The molecule has 1 heterocycles. The number of nitrogens with zero attached hydrogens (tertiary/aromatic N) is 2. The minimum atomic E-state index is -0.191. The molecule has 1 atom stereocenters. The molecule has 1 aromatic carbocycles. The van der Waals surface area contributed by atoms with Gasteiger partial charge in [0.25, 0.3) is 0 Å². The summed E-state index contributed by atoms with van der Waals surface area (Å²) in [6, 6.07) is 10.1. The highest BCUT2D eigenvalue weighted by Crippen LogP contribution is 2.32. The average molecular weight is 257 g/mol. The van der Waals surface area contributed by atoms with Gasteiger partial charge in [-0.2, -0.15) is 5.10 Å². The number of aliphatic hydroxyl groups is 1. The third-order valence-electron chi connectivity index (χ3n) is 3.51. The van der Waals surface area contributed by atoms with Crippen molar-refractivity contribution in [1.82, 2.24) is 15.1 Å². The van der Waals surface area contributed by atoms with Gasteiger partial charge >= 0.3 is 0 Å². The normalized spacial score (nSPS) is 16.5. The lowest BCUT2D eigenvalue weighted by Crippen LogP contribution is -2.27. The SMILES string of the molecule is OC(CNCc1cnn(-c2ccccc2)c1)C1CC1. The topological polar surface area (TPSA) is 50.1 Å². The van der Waals surface area contributed by atoms with Gasteiger partial charge in [-0.1, -0.05) is 18.2 Å². The first-order valence-corrected chi connectivity index (χ1v) is 6.80. The van der Waals surface area contributed by atoms with Crippen LogP contribution in [-0.4, -0.2) is 27.5 Å². The van der Waals surface area contributed by atoms with Crippen LogP contribution < -0.4 is 5.32 Å². The molecule has 1 aliphatic rings. The zero-order chi connectivity index (χ0) is 13.1. The van der Waals surface area contributed by atoms with E-state index in [2.05, 4.69) is 10.4 Å². The lowest BCUT2D eigenvalue weighted by molar-refractivity contribution is 0.148. The number of hydrogen-bond acceptors (Lipinski definition) is 3. The van der Waals surface area contributed by atoms with Crippen LogP contribution in [0.15, 0.2) is 42.7 Å². The quantitative estimate of drug-likeness (QED) is 0.828. The van der Waals surface area contributed by atoms with Crippen molar-refractivity contribution in [3.05, 3.63) is 48.3 Å². The van der Waals surface area contributed by atoms with Gasteiger partial charge in [0.2, 0.25) is 0 Å². The fraction of sp³-hybridized carbons (Fsp3) is 0.400. The van der Waals surface area contributed by atoms with Gasteiger partial charge in [-0.05, 0) is 30.9 Å². The van der Waals surface area contributed by atoms with E-state index in [0.29, 0.717) is 12.5 Å². The molecule has 1 saturated carbocycles. The number of aliphatic hydroxyl groups excluding tert-OH is 1. The van der Waals surface area contributed by atoms with E-state index in [1.807, 2.05) is 47.4 Å². The molecular formula is C15H19N3O. The number of nitrogens with one attached hydrogen (secondary N) is 1. The number of benzene rings is 1. The lowest BCUT2D eigenvalue weighted by atomic mass is 10.2. The predicted molar refractivity (Wildman–Crippen MR) is 74.0 cm³/mol. The average Bonchev–Trinajstić information content (AvgIpc) is 3.20.